The van der Waals surface area contributed by atoms with Gasteiger partial charge in [-0.3, -0.25) is 0 Å². The van der Waals surface area contributed by atoms with Crippen LogP contribution in [0.3, 0.4) is 0 Å². The Balaban J connectivity index is 0.00000280. The maximum absolute atomic E-state index is 5.67. The van der Waals surface area contributed by atoms with Crippen molar-refractivity contribution in [2.75, 3.05) is 26.3 Å². The van der Waals surface area contributed by atoms with Gasteiger partial charge in [0.25, 0.3) is 0 Å². The molecule has 1 fully saturated rings. The van der Waals surface area contributed by atoms with E-state index >= 15 is 0 Å². The Morgan fingerprint density at radius 3 is 2.89 bits per heavy atom. The van der Waals surface area contributed by atoms with E-state index in [0.717, 1.165) is 51.1 Å². The van der Waals surface area contributed by atoms with Gasteiger partial charge in [-0.1, -0.05) is 24.3 Å². The molecule has 8 heteroatoms. The first-order valence-electron chi connectivity index (χ1n) is 9.83. The third-order valence-electron chi connectivity index (χ3n) is 4.37. The fourth-order valence-electron chi connectivity index (χ4n) is 2.76. The van der Waals surface area contributed by atoms with Crippen molar-refractivity contribution < 1.29 is 4.74 Å². The molecule has 1 heterocycles. The lowest BCUT2D eigenvalue weighted by Gasteiger charge is -2.11. The highest BCUT2D eigenvalue weighted by atomic mass is 127. The fraction of sp³-hybridized carbons (Fsp3) is 0.550. The van der Waals surface area contributed by atoms with Gasteiger partial charge in [-0.15, -0.1) is 24.0 Å². The number of aromatic nitrogens is 3. The van der Waals surface area contributed by atoms with E-state index in [2.05, 4.69) is 51.9 Å². The zero-order valence-electron chi connectivity index (χ0n) is 16.5. The second kappa shape index (κ2) is 12.7. The van der Waals surface area contributed by atoms with Crippen LogP contribution in [0.1, 0.15) is 37.3 Å². The van der Waals surface area contributed by atoms with Gasteiger partial charge in [0, 0.05) is 26.3 Å². The van der Waals surface area contributed by atoms with E-state index < -0.39 is 0 Å². The summed E-state index contributed by atoms with van der Waals surface area (Å²) in [6.07, 6.45) is 6.96. The van der Waals surface area contributed by atoms with Gasteiger partial charge in [0.2, 0.25) is 0 Å². The Kier molecular flexibility index (Phi) is 10.3. The van der Waals surface area contributed by atoms with Gasteiger partial charge >= 0.3 is 0 Å². The third-order valence-corrected chi connectivity index (χ3v) is 4.37. The lowest BCUT2D eigenvalue weighted by Crippen LogP contribution is -2.38. The molecule has 1 aliphatic carbocycles. The summed E-state index contributed by atoms with van der Waals surface area (Å²) in [5.41, 5.74) is 2.37. The lowest BCUT2D eigenvalue weighted by atomic mass is 10.1. The summed E-state index contributed by atoms with van der Waals surface area (Å²) in [5.74, 6) is 1.68. The van der Waals surface area contributed by atoms with E-state index in [1.807, 2.05) is 4.68 Å². The van der Waals surface area contributed by atoms with Crippen molar-refractivity contribution in [1.29, 1.82) is 0 Å². The first-order valence-corrected chi connectivity index (χ1v) is 9.83. The minimum absolute atomic E-state index is 0. The number of ether oxygens (including phenoxy) is 1. The van der Waals surface area contributed by atoms with E-state index in [4.69, 9.17) is 9.73 Å². The zero-order chi connectivity index (χ0) is 18.7. The molecule has 154 valence electrons. The minimum Gasteiger partial charge on any atom is -0.381 e. The Morgan fingerprint density at radius 1 is 1.29 bits per heavy atom. The van der Waals surface area contributed by atoms with E-state index in [-0.39, 0.29) is 24.0 Å². The van der Waals surface area contributed by atoms with Gasteiger partial charge in [-0.25, -0.2) is 14.7 Å². The van der Waals surface area contributed by atoms with Crippen molar-refractivity contribution in [2.24, 2.45) is 10.9 Å². The van der Waals surface area contributed by atoms with Crippen molar-refractivity contribution >= 4 is 29.9 Å². The van der Waals surface area contributed by atoms with Gasteiger partial charge < -0.3 is 15.4 Å². The number of aliphatic imine (C=N–C) groups is 1. The normalized spacial score (nSPS) is 13.8. The van der Waals surface area contributed by atoms with Crippen LogP contribution in [0.2, 0.25) is 0 Å². The quantitative estimate of drug-likeness (QED) is 0.216. The molecule has 28 heavy (non-hydrogen) atoms. The summed E-state index contributed by atoms with van der Waals surface area (Å²) in [7, 11) is 0. The summed E-state index contributed by atoms with van der Waals surface area (Å²) in [6, 6.07) is 8.43. The first kappa shape index (κ1) is 22.6. The van der Waals surface area contributed by atoms with Crippen LogP contribution in [0.5, 0.6) is 0 Å². The van der Waals surface area contributed by atoms with Gasteiger partial charge in [0.05, 0.1) is 13.1 Å². The highest BCUT2D eigenvalue weighted by Crippen LogP contribution is 2.28. The van der Waals surface area contributed by atoms with Crippen LogP contribution in [0.25, 0.3) is 0 Å². The molecule has 0 spiro atoms. The Morgan fingerprint density at radius 2 is 2.14 bits per heavy atom. The second-order valence-corrected chi connectivity index (χ2v) is 6.91. The molecule has 1 aromatic heterocycles. The molecule has 2 aromatic rings. The standard InChI is InChI=1S/C20H30N6O.HI/c1-2-22-20(23-9-4-10-27-14-17-7-8-17)24-12-18-5-3-6-19(11-18)13-26-16-21-15-25-26;/h3,5-6,11,15-17H,2,4,7-10,12-14H2,1H3,(H2,22,23,24);1H. The Hall–Kier alpha value is -1.68. The fourth-order valence-corrected chi connectivity index (χ4v) is 2.76. The molecule has 0 aliphatic heterocycles. The van der Waals surface area contributed by atoms with Crippen LogP contribution in [0.4, 0.5) is 0 Å². The molecular formula is C20H31IN6O. The summed E-state index contributed by atoms with van der Waals surface area (Å²) >= 11 is 0. The molecule has 2 N–H and O–H groups in total. The van der Waals surface area contributed by atoms with Crippen LogP contribution in [0.15, 0.2) is 41.9 Å². The second-order valence-electron chi connectivity index (χ2n) is 6.91. The molecule has 0 bridgehead atoms. The largest absolute Gasteiger partial charge is 0.381 e. The molecule has 0 atom stereocenters. The van der Waals surface area contributed by atoms with Crippen molar-refractivity contribution in [3.05, 3.63) is 48.0 Å². The van der Waals surface area contributed by atoms with Crippen LogP contribution < -0.4 is 10.6 Å². The third kappa shape index (κ3) is 8.55. The van der Waals surface area contributed by atoms with Crippen molar-refractivity contribution in [3.8, 4) is 0 Å². The highest BCUT2D eigenvalue weighted by Gasteiger charge is 2.20. The van der Waals surface area contributed by atoms with E-state index in [1.54, 1.807) is 12.7 Å². The first-order chi connectivity index (χ1) is 13.3. The van der Waals surface area contributed by atoms with Gasteiger partial charge in [-0.05, 0) is 43.2 Å². The summed E-state index contributed by atoms with van der Waals surface area (Å²) in [6.45, 7) is 6.88. The van der Waals surface area contributed by atoms with Gasteiger partial charge in [-0.2, -0.15) is 5.10 Å². The maximum atomic E-state index is 5.67. The summed E-state index contributed by atoms with van der Waals surface area (Å²) in [5, 5.41) is 10.8. The number of nitrogens with zero attached hydrogens (tertiary/aromatic N) is 4. The Labute approximate surface area is 184 Å². The number of guanidine groups is 1. The SMILES string of the molecule is CCNC(=NCc1cccc(Cn2cncn2)c1)NCCCOCC1CC1.I. The number of rotatable bonds is 11. The number of hydrogen-bond acceptors (Lipinski definition) is 4. The van der Waals surface area contributed by atoms with E-state index in [0.29, 0.717) is 6.54 Å². The zero-order valence-corrected chi connectivity index (χ0v) is 18.8. The van der Waals surface area contributed by atoms with Crippen molar-refractivity contribution in [3.63, 3.8) is 0 Å². The number of nitrogens with one attached hydrogen (secondary N) is 2. The van der Waals surface area contributed by atoms with Crippen LogP contribution in [-0.2, 0) is 17.8 Å². The topological polar surface area (TPSA) is 76.4 Å². The average molecular weight is 498 g/mol. The monoisotopic (exact) mass is 498 g/mol. The highest BCUT2D eigenvalue weighted by molar-refractivity contribution is 14.0. The van der Waals surface area contributed by atoms with Crippen LogP contribution in [0, 0.1) is 5.92 Å². The lowest BCUT2D eigenvalue weighted by molar-refractivity contribution is 0.123. The molecule has 0 radical (unpaired) electrons. The van der Waals surface area contributed by atoms with Gasteiger partial charge in [0.15, 0.2) is 5.96 Å². The maximum Gasteiger partial charge on any atom is 0.191 e. The molecule has 3 rings (SSSR count). The number of benzene rings is 1. The molecule has 1 aromatic carbocycles. The van der Waals surface area contributed by atoms with E-state index in [9.17, 15) is 0 Å². The van der Waals surface area contributed by atoms with Crippen molar-refractivity contribution in [1.82, 2.24) is 25.4 Å². The Bertz CT molecular complexity index is 702. The molecule has 1 saturated carbocycles. The molecule has 1 aliphatic rings. The molecule has 7 nitrogen and oxygen atoms in total. The van der Waals surface area contributed by atoms with Crippen LogP contribution >= 0.6 is 24.0 Å². The van der Waals surface area contributed by atoms with Crippen LogP contribution in [-0.4, -0.2) is 47.0 Å². The number of halogens is 1. The molecular weight excluding hydrogens is 467 g/mol. The molecule has 0 amide bonds. The summed E-state index contributed by atoms with van der Waals surface area (Å²) < 4.78 is 7.49. The summed E-state index contributed by atoms with van der Waals surface area (Å²) in [4.78, 5) is 8.68. The molecule has 0 unspecified atom stereocenters. The smallest absolute Gasteiger partial charge is 0.191 e. The predicted octanol–water partition coefficient (Wildman–Crippen LogP) is 2.82. The van der Waals surface area contributed by atoms with Crippen molar-refractivity contribution in [2.45, 2.75) is 39.3 Å². The van der Waals surface area contributed by atoms with E-state index in [1.165, 1.54) is 24.0 Å². The molecule has 0 saturated heterocycles. The average Bonchev–Trinajstić information content (AvgIpc) is 3.37. The minimum atomic E-state index is 0. The number of hydrogen-bond donors (Lipinski definition) is 2. The van der Waals surface area contributed by atoms with Gasteiger partial charge in [0.1, 0.15) is 12.7 Å². The predicted molar refractivity (Wildman–Crippen MR) is 122 cm³/mol.